The molecule has 3 saturated heterocycles. The maximum absolute atomic E-state index is 13.2. The average molecular weight is 476 g/mol. The van der Waals surface area contributed by atoms with Crippen molar-refractivity contribution in [1.29, 1.82) is 0 Å². The normalized spacial score (nSPS) is 25.1. The first-order chi connectivity index (χ1) is 17.1. The lowest BCUT2D eigenvalue weighted by molar-refractivity contribution is 0.0680. The molecule has 1 aromatic heterocycles. The maximum Gasteiger partial charge on any atom is 0.262 e. The largest absolute Gasteiger partial charge is 0.491 e. The zero-order valence-electron chi connectivity index (χ0n) is 20.3. The van der Waals surface area contributed by atoms with Crippen LogP contribution in [0, 0.1) is 0 Å². The molecule has 3 atom stereocenters. The molecule has 35 heavy (non-hydrogen) atoms. The maximum atomic E-state index is 13.2. The van der Waals surface area contributed by atoms with Crippen LogP contribution in [0.1, 0.15) is 19.3 Å². The third-order valence-corrected chi connectivity index (χ3v) is 7.53. The van der Waals surface area contributed by atoms with Crippen molar-refractivity contribution in [1.82, 2.24) is 14.4 Å². The van der Waals surface area contributed by atoms with Crippen molar-refractivity contribution in [3.63, 3.8) is 0 Å². The molecule has 0 unspecified atom stereocenters. The van der Waals surface area contributed by atoms with Gasteiger partial charge in [0.05, 0.1) is 6.10 Å². The Kier molecular flexibility index (Phi) is 6.22. The van der Waals surface area contributed by atoms with Crippen molar-refractivity contribution in [2.45, 2.75) is 37.5 Å². The Morgan fingerprint density at radius 3 is 2.71 bits per heavy atom. The summed E-state index contributed by atoms with van der Waals surface area (Å²) in [7, 11) is 2.19. The lowest BCUT2D eigenvalue weighted by Crippen LogP contribution is -2.48. The van der Waals surface area contributed by atoms with E-state index >= 15 is 0 Å². The first-order valence-electron chi connectivity index (χ1n) is 12.7. The van der Waals surface area contributed by atoms with Crippen molar-refractivity contribution < 1.29 is 14.2 Å². The fourth-order valence-corrected chi connectivity index (χ4v) is 5.60. The van der Waals surface area contributed by atoms with Gasteiger partial charge in [-0.3, -0.25) is 14.3 Å². The summed E-state index contributed by atoms with van der Waals surface area (Å²) in [6.07, 6.45) is 5.42. The van der Waals surface area contributed by atoms with Gasteiger partial charge < -0.3 is 19.1 Å². The Bertz CT molecular complexity index is 1240. The standard InChI is InChI=1S/C28H33N3O4/c1-29-12-13-30-18-26(16-22(30)17-29)35-23-6-4-21(5-7-23)31-11-10-20-15-24(8-9-27(20)28(31)32)34-19-25-3-2-14-33-25/h4-11,15,22,25-26H,2-3,12-14,16-19H2,1H3/t22-,25+,26+/m1/s1. The molecule has 3 aliphatic heterocycles. The fourth-order valence-electron chi connectivity index (χ4n) is 5.60. The molecule has 7 nitrogen and oxygen atoms in total. The van der Waals surface area contributed by atoms with Gasteiger partial charge in [-0.25, -0.2) is 0 Å². The van der Waals surface area contributed by atoms with E-state index in [4.69, 9.17) is 14.2 Å². The van der Waals surface area contributed by atoms with Gasteiger partial charge in [0.25, 0.3) is 5.56 Å². The summed E-state index contributed by atoms with van der Waals surface area (Å²) < 4.78 is 19.5. The summed E-state index contributed by atoms with van der Waals surface area (Å²) in [5.74, 6) is 1.62. The summed E-state index contributed by atoms with van der Waals surface area (Å²) in [5.41, 5.74) is 0.784. The van der Waals surface area contributed by atoms with Gasteiger partial charge in [0.15, 0.2) is 0 Å². The molecule has 0 bridgehead atoms. The molecule has 4 heterocycles. The molecule has 6 rings (SSSR count). The molecule has 7 heteroatoms. The van der Waals surface area contributed by atoms with Crippen molar-refractivity contribution in [3.05, 3.63) is 65.1 Å². The highest BCUT2D eigenvalue weighted by atomic mass is 16.5. The SMILES string of the molecule is CN1CCN2C[C@@H](Oc3ccc(-n4ccc5cc(OC[C@@H]6CCCO6)ccc5c4=O)cc3)C[C@@H]2C1. The molecule has 0 N–H and O–H groups in total. The number of benzene rings is 2. The molecular weight excluding hydrogens is 442 g/mol. The van der Waals surface area contributed by atoms with E-state index in [1.165, 1.54) is 0 Å². The van der Waals surface area contributed by atoms with E-state index in [1.807, 2.05) is 54.7 Å². The highest BCUT2D eigenvalue weighted by Gasteiger charge is 2.36. The Labute approximate surface area is 205 Å². The second-order valence-electron chi connectivity index (χ2n) is 10.1. The molecule has 0 saturated carbocycles. The zero-order valence-corrected chi connectivity index (χ0v) is 20.3. The van der Waals surface area contributed by atoms with Crippen LogP contribution in [0.15, 0.2) is 59.5 Å². The van der Waals surface area contributed by atoms with Crippen LogP contribution in [0.5, 0.6) is 11.5 Å². The molecule has 3 fully saturated rings. The zero-order chi connectivity index (χ0) is 23.8. The smallest absolute Gasteiger partial charge is 0.262 e. The van der Waals surface area contributed by atoms with Gasteiger partial charge >= 0.3 is 0 Å². The molecule has 3 aromatic rings. The van der Waals surface area contributed by atoms with E-state index in [1.54, 1.807) is 4.57 Å². The summed E-state index contributed by atoms with van der Waals surface area (Å²) in [6, 6.07) is 16.1. The Morgan fingerprint density at radius 2 is 1.89 bits per heavy atom. The van der Waals surface area contributed by atoms with Crippen LogP contribution >= 0.6 is 0 Å². The third-order valence-electron chi connectivity index (χ3n) is 7.53. The predicted octanol–water partition coefficient (Wildman–Crippen LogP) is 3.32. The van der Waals surface area contributed by atoms with E-state index in [9.17, 15) is 4.79 Å². The fraction of sp³-hybridized carbons (Fsp3) is 0.464. The van der Waals surface area contributed by atoms with Crippen molar-refractivity contribution >= 4 is 10.8 Å². The molecule has 0 spiro atoms. The van der Waals surface area contributed by atoms with E-state index in [0.717, 1.165) is 74.6 Å². The van der Waals surface area contributed by atoms with Gasteiger partial charge in [0, 0.05) is 62.5 Å². The molecule has 0 aliphatic carbocycles. The number of aromatic nitrogens is 1. The van der Waals surface area contributed by atoms with Gasteiger partial charge in [-0.15, -0.1) is 0 Å². The molecule has 184 valence electrons. The second kappa shape index (κ2) is 9.64. The summed E-state index contributed by atoms with van der Waals surface area (Å²) in [6.45, 7) is 5.72. The Balaban J connectivity index is 1.13. The predicted molar refractivity (Wildman–Crippen MR) is 136 cm³/mol. The topological polar surface area (TPSA) is 56.2 Å². The van der Waals surface area contributed by atoms with Crippen LogP contribution in [0.3, 0.4) is 0 Å². The van der Waals surface area contributed by atoms with Crippen LogP contribution in [0.25, 0.3) is 16.5 Å². The number of rotatable bonds is 6. The first kappa shape index (κ1) is 22.6. The van der Waals surface area contributed by atoms with Gasteiger partial charge in [-0.2, -0.15) is 0 Å². The number of nitrogens with zero attached hydrogens (tertiary/aromatic N) is 3. The summed E-state index contributed by atoms with van der Waals surface area (Å²) in [5, 5.41) is 1.55. The van der Waals surface area contributed by atoms with Crippen LogP contribution in [0.4, 0.5) is 0 Å². The Morgan fingerprint density at radius 1 is 1.03 bits per heavy atom. The molecular formula is C28H33N3O4. The minimum Gasteiger partial charge on any atom is -0.491 e. The van der Waals surface area contributed by atoms with E-state index in [2.05, 4.69) is 16.8 Å². The molecule has 2 aromatic carbocycles. The number of hydrogen-bond donors (Lipinski definition) is 0. The van der Waals surface area contributed by atoms with Crippen LogP contribution in [-0.2, 0) is 4.74 Å². The number of hydrogen-bond acceptors (Lipinski definition) is 6. The van der Waals surface area contributed by atoms with Gasteiger partial charge in [0.2, 0.25) is 0 Å². The number of pyridine rings is 1. The summed E-state index contributed by atoms with van der Waals surface area (Å²) in [4.78, 5) is 18.2. The van der Waals surface area contributed by atoms with Gasteiger partial charge in [0.1, 0.15) is 24.2 Å². The van der Waals surface area contributed by atoms with Crippen molar-refractivity contribution in [2.75, 3.05) is 46.4 Å². The number of likely N-dealkylation sites (N-methyl/N-ethyl adjacent to an activating group) is 1. The van der Waals surface area contributed by atoms with E-state index < -0.39 is 0 Å². The van der Waals surface area contributed by atoms with Crippen LogP contribution < -0.4 is 15.0 Å². The van der Waals surface area contributed by atoms with Gasteiger partial charge in [-0.05, 0) is 73.8 Å². The number of ether oxygens (including phenoxy) is 3. The van der Waals surface area contributed by atoms with Gasteiger partial charge in [-0.1, -0.05) is 0 Å². The monoisotopic (exact) mass is 475 g/mol. The minimum atomic E-state index is -0.0429. The van der Waals surface area contributed by atoms with E-state index in [0.29, 0.717) is 18.0 Å². The number of piperazine rings is 1. The molecule has 3 aliphatic rings. The molecule has 0 amide bonds. The lowest BCUT2D eigenvalue weighted by Gasteiger charge is -2.34. The van der Waals surface area contributed by atoms with Crippen LogP contribution in [-0.4, -0.2) is 79.1 Å². The van der Waals surface area contributed by atoms with E-state index in [-0.39, 0.29) is 17.8 Å². The first-order valence-corrected chi connectivity index (χ1v) is 12.7. The lowest BCUT2D eigenvalue weighted by atomic mass is 10.1. The summed E-state index contributed by atoms with van der Waals surface area (Å²) >= 11 is 0. The van der Waals surface area contributed by atoms with Crippen LogP contribution in [0.2, 0.25) is 0 Å². The van der Waals surface area contributed by atoms with Crippen molar-refractivity contribution in [3.8, 4) is 17.2 Å². The minimum absolute atomic E-state index is 0.0429. The highest BCUT2D eigenvalue weighted by Crippen LogP contribution is 2.26. The Hall–Kier alpha value is -2.87. The highest BCUT2D eigenvalue weighted by molar-refractivity contribution is 5.83. The second-order valence-corrected chi connectivity index (χ2v) is 10.1. The number of fused-ring (bicyclic) bond motifs is 2. The average Bonchev–Trinajstić information content (AvgIpc) is 3.53. The third kappa shape index (κ3) is 4.81. The quantitative estimate of drug-likeness (QED) is 0.545. The van der Waals surface area contributed by atoms with Crippen molar-refractivity contribution in [2.24, 2.45) is 0 Å². The molecule has 0 radical (unpaired) electrons.